The molecule has 0 saturated carbocycles. The molecule has 0 amide bonds. The molecule has 1 atom stereocenters. The molecule has 0 bridgehead atoms. The lowest BCUT2D eigenvalue weighted by molar-refractivity contribution is 0.0600. The number of nitrogens with two attached hydrogens (primary N) is 1. The van der Waals surface area contributed by atoms with E-state index in [0.29, 0.717) is 17.5 Å². The number of methoxy groups -OCH3 is 1. The number of nitrogens with zero attached hydrogens (tertiary/aromatic N) is 3. The number of hydrogen-bond donors (Lipinski definition) is 2. The number of nitrogens with one attached hydrogen (secondary N) is 1. The highest BCUT2D eigenvalue weighted by atomic mass is 16.5. The normalized spacial score (nSPS) is 16.2. The molecule has 120 valence electrons. The second kappa shape index (κ2) is 5.38. The van der Waals surface area contributed by atoms with Crippen LogP contribution in [-0.4, -0.2) is 28.6 Å². The van der Waals surface area contributed by atoms with Crippen LogP contribution in [0.5, 0.6) is 0 Å². The van der Waals surface area contributed by atoms with E-state index in [9.17, 15) is 4.79 Å². The molecule has 0 aliphatic carbocycles. The topological polar surface area (TPSA) is 94.5 Å². The van der Waals surface area contributed by atoms with Crippen molar-refractivity contribution in [3.8, 4) is 0 Å². The van der Waals surface area contributed by atoms with Crippen molar-refractivity contribution in [1.29, 1.82) is 0 Å². The predicted octanol–water partition coefficient (Wildman–Crippen LogP) is 2.11. The maximum atomic E-state index is 11.6. The number of fused-ring (bicyclic) bond motifs is 3. The van der Waals surface area contributed by atoms with Crippen LogP contribution < -0.4 is 11.1 Å². The van der Waals surface area contributed by atoms with Crippen LogP contribution in [0.1, 0.15) is 22.1 Å². The third-order valence-corrected chi connectivity index (χ3v) is 3.97. The van der Waals surface area contributed by atoms with Gasteiger partial charge >= 0.3 is 5.97 Å². The summed E-state index contributed by atoms with van der Waals surface area (Å²) in [6.07, 6.45) is -0.347. The summed E-state index contributed by atoms with van der Waals surface area (Å²) in [5, 5.41) is 2.99. The number of guanidine groups is 1. The van der Waals surface area contributed by atoms with Gasteiger partial charge in [0.1, 0.15) is 0 Å². The Labute approximate surface area is 137 Å². The third kappa shape index (κ3) is 2.18. The van der Waals surface area contributed by atoms with Gasteiger partial charge in [0.15, 0.2) is 12.1 Å². The van der Waals surface area contributed by atoms with Crippen LogP contribution in [0.2, 0.25) is 0 Å². The highest BCUT2D eigenvalue weighted by molar-refractivity contribution is 5.94. The van der Waals surface area contributed by atoms with Crippen molar-refractivity contribution < 1.29 is 9.53 Å². The fourth-order valence-corrected chi connectivity index (χ4v) is 2.85. The minimum Gasteiger partial charge on any atom is -0.465 e. The number of imidazole rings is 1. The summed E-state index contributed by atoms with van der Waals surface area (Å²) >= 11 is 0. The quantitative estimate of drug-likeness (QED) is 0.705. The van der Waals surface area contributed by atoms with Gasteiger partial charge in [-0.1, -0.05) is 24.3 Å². The number of benzene rings is 2. The highest BCUT2D eigenvalue weighted by Crippen LogP contribution is 2.32. The summed E-state index contributed by atoms with van der Waals surface area (Å²) in [7, 11) is 1.36. The number of aliphatic imine (C=N–C) groups is 1. The summed E-state index contributed by atoms with van der Waals surface area (Å²) < 4.78 is 6.71. The second-order valence-electron chi connectivity index (χ2n) is 5.42. The van der Waals surface area contributed by atoms with E-state index in [2.05, 4.69) is 15.3 Å². The average Bonchev–Trinajstić information content (AvgIpc) is 2.98. The lowest BCUT2D eigenvalue weighted by atomic mass is 10.1. The van der Waals surface area contributed by atoms with E-state index >= 15 is 0 Å². The maximum absolute atomic E-state index is 11.6. The molecule has 0 saturated heterocycles. The highest BCUT2D eigenvalue weighted by Gasteiger charge is 2.25. The molecule has 3 aromatic rings. The summed E-state index contributed by atoms with van der Waals surface area (Å²) in [6.45, 7) is 0. The average molecular weight is 321 g/mol. The fraction of sp³-hybridized carbons (Fsp3) is 0.118. The Hall–Kier alpha value is -3.35. The van der Waals surface area contributed by atoms with E-state index in [1.54, 1.807) is 12.1 Å². The van der Waals surface area contributed by atoms with E-state index in [0.717, 1.165) is 16.6 Å². The first-order valence-corrected chi connectivity index (χ1v) is 7.43. The zero-order valence-electron chi connectivity index (χ0n) is 12.9. The molecular weight excluding hydrogens is 306 g/mol. The standard InChI is InChI=1S/C17H15N5O2/c1-24-15(23)11-8-6-10(7-9-11)14-20-16(18)21-17-19-12-4-2-3-5-13(12)22(14)17/h2-9,14H,1H3,(H3,18,19,20,21). The third-order valence-electron chi connectivity index (χ3n) is 3.97. The van der Waals surface area contributed by atoms with Gasteiger partial charge < -0.3 is 10.5 Å². The van der Waals surface area contributed by atoms with E-state index in [1.807, 2.05) is 41.0 Å². The Kier molecular flexibility index (Phi) is 3.19. The molecule has 7 heteroatoms. The molecule has 0 fully saturated rings. The van der Waals surface area contributed by atoms with Crippen LogP contribution in [0.4, 0.5) is 5.95 Å². The molecule has 1 unspecified atom stereocenters. The minimum atomic E-state index is -0.372. The molecule has 0 spiro atoms. The minimum absolute atomic E-state index is 0.305. The van der Waals surface area contributed by atoms with Crippen molar-refractivity contribution in [3.63, 3.8) is 0 Å². The number of para-hydroxylation sites is 2. The molecule has 24 heavy (non-hydrogen) atoms. The van der Waals surface area contributed by atoms with E-state index < -0.39 is 0 Å². The van der Waals surface area contributed by atoms with Gasteiger partial charge in [0.25, 0.3) is 0 Å². The van der Waals surface area contributed by atoms with Crippen LogP contribution in [0.3, 0.4) is 0 Å². The van der Waals surface area contributed by atoms with E-state index in [4.69, 9.17) is 10.5 Å². The molecular formula is C17H15N5O2. The number of ether oxygens (including phenoxy) is 1. The Bertz CT molecular complexity index is 959. The second-order valence-corrected chi connectivity index (χ2v) is 5.42. The van der Waals surface area contributed by atoms with Crippen molar-refractivity contribution in [3.05, 3.63) is 59.7 Å². The van der Waals surface area contributed by atoms with Crippen LogP contribution in [-0.2, 0) is 4.74 Å². The van der Waals surface area contributed by atoms with Crippen LogP contribution in [0, 0.1) is 0 Å². The van der Waals surface area contributed by atoms with Crippen molar-refractivity contribution in [2.45, 2.75) is 6.17 Å². The molecule has 1 aliphatic rings. The van der Waals surface area contributed by atoms with Gasteiger partial charge in [-0.25, -0.2) is 14.8 Å². The van der Waals surface area contributed by atoms with Gasteiger partial charge in [-0.05, 0) is 29.8 Å². The van der Waals surface area contributed by atoms with Gasteiger partial charge in [-0.3, -0.25) is 9.88 Å². The number of carbonyl (C=O) groups excluding carboxylic acids is 1. The van der Waals surface area contributed by atoms with Crippen molar-refractivity contribution >= 4 is 28.9 Å². The number of aromatic nitrogens is 2. The molecule has 2 aromatic carbocycles. The number of rotatable bonds is 2. The van der Waals surface area contributed by atoms with Gasteiger partial charge in [0.05, 0.1) is 23.7 Å². The summed E-state index contributed by atoms with van der Waals surface area (Å²) in [6, 6.07) is 14.9. The molecule has 3 N–H and O–H groups in total. The van der Waals surface area contributed by atoms with Crippen LogP contribution in [0.25, 0.3) is 11.0 Å². The van der Waals surface area contributed by atoms with Crippen LogP contribution >= 0.6 is 0 Å². The first kappa shape index (κ1) is 14.3. The molecule has 2 heterocycles. The van der Waals surface area contributed by atoms with Crippen molar-refractivity contribution in [2.75, 3.05) is 12.4 Å². The van der Waals surface area contributed by atoms with E-state index in [1.165, 1.54) is 7.11 Å². The predicted molar refractivity (Wildman–Crippen MR) is 90.9 cm³/mol. The summed E-state index contributed by atoms with van der Waals surface area (Å²) in [5.74, 6) is 0.578. The largest absolute Gasteiger partial charge is 0.465 e. The Balaban J connectivity index is 1.83. The lowest BCUT2D eigenvalue weighted by Gasteiger charge is -2.23. The lowest BCUT2D eigenvalue weighted by Crippen LogP contribution is -2.31. The first-order chi connectivity index (χ1) is 11.7. The molecule has 0 radical (unpaired) electrons. The van der Waals surface area contributed by atoms with Crippen LogP contribution in [0.15, 0.2) is 53.5 Å². The van der Waals surface area contributed by atoms with E-state index in [-0.39, 0.29) is 12.1 Å². The number of anilines is 1. The van der Waals surface area contributed by atoms with Gasteiger partial charge in [-0.15, -0.1) is 0 Å². The summed E-state index contributed by atoms with van der Waals surface area (Å²) in [4.78, 5) is 20.6. The zero-order chi connectivity index (χ0) is 16.7. The van der Waals surface area contributed by atoms with Gasteiger partial charge in [0.2, 0.25) is 5.95 Å². The maximum Gasteiger partial charge on any atom is 0.337 e. The zero-order valence-corrected chi connectivity index (χ0v) is 12.9. The SMILES string of the molecule is COC(=O)c1ccc(C2N=C(N)Nc3nc4ccccc4n32)cc1. The monoisotopic (exact) mass is 321 g/mol. The molecule has 1 aliphatic heterocycles. The van der Waals surface area contributed by atoms with Gasteiger partial charge in [-0.2, -0.15) is 0 Å². The number of esters is 1. The van der Waals surface area contributed by atoms with Crippen molar-refractivity contribution in [1.82, 2.24) is 9.55 Å². The first-order valence-electron chi connectivity index (χ1n) is 7.43. The van der Waals surface area contributed by atoms with Gasteiger partial charge in [0, 0.05) is 0 Å². The molecule has 7 nitrogen and oxygen atoms in total. The Morgan fingerprint density at radius 1 is 1.21 bits per heavy atom. The Morgan fingerprint density at radius 3 is 2.71 bits per heavy atom. The molecule has 1 aromatic heterocycles. The Morgan fingerprint density at radius 2 is 1.96 bits per heavy atom. The summed E-state index contributed by atoms with van der Waals surface area (Å²) in [5.41, 5.74) is 9.12. The smallest absolute Gasteiger partial charge is 0.337 e. The number of carbonyl (C=O) groups is 1. The number of hydrogen-bond acceptors (Lipinski definition) is 6. The fourth-order valence-electron chi connectivity index (χ4n) is 2.85. The molecule has 4 rings (SSSR count). The van der Waals surface area contributed by atoms with Crippen molar-refractivity contribution in [2.24, 2.45) is 10.7 Å².